The second kappa shape index (κ2) is 10.6. The fourth-order valence-corrected chi connectivity index (χ4v) is 4.09. The number of hydrogen-bond acceptors (Lipinski definition) is 2. The largest absolute Gasteiger partial charge is 0.389 e. The lowest BCUT2D eigenvalue weighted by atomic mass is 9.93. The number of alkyl halides is 3. The predicted molar refractivity (Wildman–Crippen MR) is 120 cm³/mol. The average Bonchev–Trinajstić information content (AvgIpc) is 2.73. The number of halogens is 3. The van der Waals surface area contributed by atoms with Crippen molar-refractivity contribution in [3.05, 3.63) is 54.1 Å². The fraction of sp³-hybridized carbons (Fsp3) is 0.458. The number of carbonyl (C=O) groups is 1. The van der Waals surface area contributed by atoms with Crippen molar-refractivity contribution in [1.82, 2.24) is 0 Å². The van der Waals surface area contributed by atoms with E-state index in [4.69, 9.17) is 0 Å². The Bertz CT molecular complexity index is 846. The summed E-state index contributed by atoms with van der Waals surface area (Å²) in [4.78, 5) is 14.6. The lowest BCUT2D eigenvalue weighted by Gasteiger charge is -2.37. The van der Waals surface area contributed by atoms with Gasteiger partial charge in [-0.3, -0.25) is 0 Å². The highest BCUT2D eigenvalue weighted by atomic mass is 19.4. The first-order valence-corrected chi connectivity index (χ1v) is 10.9. The van der Waals surface area contributed by atoms with Crippen LogP contribution in [0, 0.1) is 6.92 Å². The molecule has 4 nitrogen and oxygen atoms in total. The van der Waals surface area contributed by atoms with Gasteiger partial charge < -0.3 is 15.5 Å². The maximum absolute atomic E-state index is 12.8. The number of hydrogen-bond donors (Lipinski definition) is 2. The van der Waals surface area contributed by atoms with Crippen molar-refractivity contribution in [3.63, 3.8) is 0 Å². The van der Waals surface area contributed by atoms with Crippen molar-refractivity contribution in [2.75, 3.05) is 22.1 Å². The van der Waals surface area contributed by atoms with E-state index in [-0.39, 0.29) is 18.5 Å². The monoisotopic (exact) mass is 433 g/mol. The molecule has 0 heterocycles. The van der Waals surface area contributed by atoms with Crippen molar-refractivity contribution in [1.29, 1.82) is 0 Å². The van der Waals surface area contributed by atoms with Crippen LogP contribution in [0.25, 0.3) is 0 Å². The van der Waals surface area contributed by atoms with Gasteiger partial charge in [0.1, 0.15) is 0 Å². The summed E-state index contributed by atoms with van der Waals surface area (Å²) in [6.45, 7) is 2.28. The first-order chi connectivity index (χ1) is 14.8. The first kappa shape index (κ1) is 23.0. The number of nitrogens with one attached hydrogen (secondary N) is 2. The van der Waals surface area contributed by atoms with Crippen LogP contribution in [-0.2, 0) is 0 Å². The third kappa shape index (κ3) is 7.19. The van der Waals surface area contributed by atoms with Crippen molar-refractivity contribution in [2.24, 2.45) is 0 Å². The van der Waals surface area contributed by atoms with Crippen LogP contribution < -0.4 is 15.5 Å². The van der Waals surface area contributed by atoms with E-state index >= 15 is 0 Å². The normalized spacial score (nSPS) is 14.8. The molecule has 0 unspecified atom stereocenters. The molecular weight excluding hydrogens is 403 g/mol. The minimum atomic E-state index is -4.16. The van der Waals surface area contributed by atoms with E-state index in [0.29, 0.717) is 17.9 Å². The number of anilines is 3. The Balaban J connectivity index is 1.75. The maximum Gasteiger partial charge on any atom is 0.389 e. The molecule has 3 rings (SSSR count). The molecule has 2 N–H and O–H groups in total. The summed E-state index contributed by atoms with van der Waals surface area (Å²) in [6, 6.07) is 14.6. The number of rotatable bonds is 7. The summed E-state index contributed by atoms with van der Waals surface area (Å²) in [7, 11) is 0. The summed E-state index contributed by atoms with van der Waals surface area (Å²) in [5.41, 5.74) is 3.15. The molecule has 2 aromatic rings. The van der Waals surface area contributed by atoms with Crippen LogP contribution >= 0.6 is 0 Å². The topological polar surface area (TPSA) is 44.4 Å². The highest BCUT2D eigenvalue weighted by Gasteiger charge is 2.29. The third-order valence-electron chi connectivity index (χ3n) is 5.65. The van der Waals surface area contributed by atoms with Crippen LogP contribution in [0.1, 0.15) is 50.5 Å². The van der Waals surface area contributed by atoms with E-state index in [1.54, 1.807) is 6.07 Å². The van der Waals surface area contributed by atoms with Gasteiger partial charge in [-0.05, 0) is 50.5 Å². The number of benzene rings is 2. The summed E-state index contributed by atoms with van der Waals surface area (Å²) in [6.07, 6.45) is 0.277. The van der Waals surface area contributed by atoms with Gasteiger partial charge in [0.15, 0.2) is 0 Å². The Kier molecular flexibility index (Phi) is 7.82. The Morgan fingerprint density at radius 1 is 1.00 bits per heavy atom. The molecule has 1 saturated carbocycles. The molecule has 0 spiro atoms. The minimum absolute atomic E-state index is 0.0316. The summed E-state index contributed by atoms with van der Waals surface area (Å²) in [5, 5.41) is 5.69. The van der Waals surface area contributed by atoms with Crippen LogP contribution in [-0.4, -0.2) is 24.8 Å². The number of aryl methyl sites for hydroxylation is 1. The molecule has 2 amide bonds. The molecule has 168 valence electrons. The van der Waals surface area contributed by atoms with Gasteiger partial charge in [-0.25, -0.2) is 4.79 Å². The highest BCUT2D eigenvalue weighted by Crippen LogP contribution is 2.33. The van der Waals surface area contributed by atoms with Gasteiger partial charge in [0.05, 0.1) is 11.4 Å². The zero-order chi connectivity index (χ0) is 22.3. The molecule has 1 fully saturated rings. The van der Waals surface area contributed by atoms with Crippen LogP contribution in [0.2, 0.25) is 0 Å². The lowest BCUT2D eigenvalue weighted by molar-refractivity contribution is -0.135. The van der Waals surface area contributed by atoms with Gasteiger partial charge in [-0.2, -0.15) is 13.2 Å². The molecular formula is C24H30F3N3O. The van der Waals surface area contributed by atoms with Crippen molar-refractivity contribution >= 4 is 23.1 Å². The van der Waals surface area contributed by atoms with Gasteiger partial charge >= 0.3 is 12.2 Å². The second-order valence-corrected chi connectivity index (χ2v) is 8.17. The van der Waals surface area contributed by atoms with E-state index in [0.717, 1.165) is 43.4 Å². The van der Waals surface area contributed by atoms with E-state index in [1.807, 2.05) is 49.4 Å². The van der Waals surface area contributed by atoms with Gasteiger partial charge in [0, 0.05) is 24.7 Å². The average molecular weight is 434 g/mol. The standard InChI is InChI=1S/C24H30F3N3O/c1-18-12-14-19(15-13-18)28-23(31)29-21-10-5-6-11-22(21)30(17-7-16-24(25,26)27)20-8-3-2-4-9-20/h5-6,10-15,20H,2-4,7-9,16-17H2,1H3,(H2,28,29,31). The molecule has 0 aliphatic heterocycles. The minimum Gasteiger partial charge on any atom is -0.367 e. The summed E-state index contributed by atoms with van der Waals surface area (Å²) >= 11 is 0. The Labute approximate surface area is 181 Å². The number of nitrogens with zero attached hydrogens (tertiary/aromatic N) is 1. The van der Waals surface area contributed by atoms with Crippen LogP contribution in [0.5, 0.6) is 0 Å². The van der Waals surface area contributed by atoms with Crippen molar-refractivity contribution in [2.45, 2.75) is 64.1 Å². The molecule has 0 atom stereocenters. The SMILES string of the molecule is Cc1ccc(NC(=O)Nc2ccccc2N(CCCC(F)(F)F)C2CCCCC2)cc1. The zero-order valence-corrected chi connectivity index (χ0v) is 17.8. The van der Waals surface area contributed by atoms with Crippen molar-refractivity contribution in [3.8, 4) is 0 Å². The maximum atomic E-state index is 12.8. The second-order valence-electron chi connectivity index (χ2n) is 8.17. The van der Waals surface area contributed by atoms with E-state index in [9.17, 15) is 18.0 Å². The zero-order valence-electron chi connectivity index (χ0n) is 17.8. The number of para-hydroxylation sites is 2. The smallest absolute Gasteiger partial charge is 0.367 e. The Morgan fingerprint density at radius 2 is 1.68 bits per heavy atom. The van der Waals surface area contributed by atoms with Crippen LogP contribution in [0.3, 0.4) is 0 Å². The fourth-order valence-electron chi connectivity index (χ4n) is 4.09. The lowest BCUT2D eigenvalue weighted by Crippen LogP contribution is -2.38. The van der Waals surface area contributed by atoms with Gasteiger partial charge in [-0.1, -0.05) is 49.1 Å². The van der Waals surface area contributed by atoms with Gasteiger partial charge in [0.25, 0.3) is 0 Å². The van der Waals surface area contributed by atoms with E-state index < -0.39 is 12.6 Å². The summed E-state index contributed by atoms with van der Waals surface area (Å²) < 4.78 is 38.3. The van der Waals surface area contributed by atoms with E-state index in [1.165, 1.54) is 0 Å². The molecule has 1 aliphatic carbocycles. The molecule has 1 aliphatic rings. The molecule has 31 heavy (non-hydrogen) atoms. The number of urea groups is 1. The van der Waals surface area contributed by atoms with Crippen molar-refractivity contribution < 1.29 is 18.0 Å². The molecule has 0 bridgehead atoms. The van der Waals surface area contributed by atoms with E-state index in [2.05, 4.69) is 15.5 Å². The molecule has 0 saturated heterocycles. The quantitative estimate of drug-likeness (QED) is 0.488. The highest BCUT2D eigenvalue weighted by molar-refractivity contribution is 6.01. The Morgan fingerprint density at radius 3 is 2.35 bits per heavy atom. The molecule has 0 radical (unpaired) electrons. The van der Waals surface area contributed by atoms with Gasteiger partial charge in [-0.15, -0.1) is 0 Å². The third-order valence-corrected chi connectivity index (χ3v) is 5.65. The summed E-state index contributed by atoms with van der Waals surface area (Å²) in [5.74, 6) is 0. The number of carbonyl (C=O) groups excluding carboxylic acids is 1. The Hall–Kier alpha value is -2.70. The van der Waals surface area contributed by atoms with Crippen LogP contribution in [0.4, 0.5) is 35.0 Å². The van der Waals surface area contributed by atoms with Gasteiger partial charge in [0.2, 0.25) is 0 Å². The molecule has 2 aromatic carbocycles. The molecule has 7 heteroatoms. The predicted octanol–water partition coefficient (Wildman–Crippen LogP) is 7.12. The first-order valence-electron chi connectivity index (χ1n) is 10.9. The number of amides is 2. The van der Waals surface area contributed by atoms with Crippen LogP contribution in [0.15, 0.2) is 48.5 Å². The molecule has 0 aromatic heterocycles.